The van der Waals surface area contributed by atoms with E-state index in [0.29, 0.717) is 0 Å². The van der Waals surface area contributed by atoms with Gasteiger partial charge >= 0.3 is 0 Å². The highest BCUT2D eigenvalue weighted by molar-refractivity contribution is 9.10. The molecule has 0 spiro atoms. The molecule has 1 N–H and O–H groups in total. The third-order valence-electron chi connectivity index (χ3n) is 2.37. The molecule has 19 heavy (non-hydrogen) atoms. The molecule has 0 saturated carbocycles. The summed E-state index contributed by atoms with van der Waals surface area (Å²) in [4.78, 5) is 5.32. The Hall–Kier alpha value is -0.470. The Morgan fingerprint density at radius 3 is 3.05 bits per heavy atom. The Labute approximate surface area is 129 Å². The van der Waals surface area contributed by atoms with E-state index < -0.39 is 0 Å². The molecular weight excluding hydrogens is 346 g/mol. The van der Waals surface area contributed by atoms with Gasteiger partial charge in [0.15, 0.2) is 4.34 Å². The molecule has 1 aromatic carbocycles. The normalized spacial score (nSPS) is 10.8. The molecule has 1 heterocycles. The Kier molecular flexibility index (Phi) is 6.25. The molecular formula is C12H14BrN3OS2. The number of aromatic nitrogens is 2. The molecule has 0 aliphatic heterocycles. The summed E-state index contributed by atoms with van der Waals surface area (Å²) in [5, 5.41) is 3.33. The fraction of sp³-hybridized carbons (Fsp3) is 0.333. The molecule has 0 saturated heterocycles. The topological polar surface area (TPSA) is 47.0 Å². The maximum Gasteiger partial charge on any atom is 0.174 e. The number of halogens is 1. The van der Waals surface area contributed by atoms with Gasteiger partial charge in [-0.25, -0.2) is 4.98 Å². The highest BCUT2D eigenvalue weighted by Crippen LogP contribution is 2.31. The van der Waals surface area contributed by atoms with E-state index in [1.165, 1.54) is 17.1 Å². The van der Waals surface area contributed by atoms with Crippen LogP contribution in [0, 0.1) is 0 Å². The summed E-state index contributed by atoms with van der Waals surface area (Å²) in [6, 6.07) is 6.33. The first-order valence-corrected chi connectivity index (χ1v) is 8.10. The molecule has 102 valence electrons. The summed E-state index contributed by atoms with van der Waals surface area (Å²) in [6.45, 7) is 2.40. The molecule has 0 aliphatic carbocycles. The van der Waals surface area contributed by atoms with E-state index in [1.54, 1.807) is 25.2 Å². The first kappa shape index (κ1) is 14.9. The Morgan fingerprint density at radius 1 is 1.47 bits per heavy atom. The van der Waals surface area contributed by atoms with Gasteiger partial charge in [-0.15, -0.1) is 0 Å². The van der Waals surface area contributed by atoms with Gasteiger partial charge in [-0.1, -0.05) is 33.8 Å². The standard InChI is InChI=1S/C12H14BrN3OS2/c1-17-5-4-14-7-9-2-3-10(6-11(9)13)18-12-15-8-16-19-12/h2-3,6,8,14H,4-5,7H2,1H3. The van der Waals surface area contributed by atoms with Crippen LogP contribution in [0.5, 0.6) is 0 Å². The van der Waals surface area contributed by atoms with Crippen molar-refractivity contribution < 1.29 is 4.74 Å². The first-order chi connectivity index (χ1) is 9.29. The Balaban J connectivity index is 1.93. The van der Waals surface area contributed by atoms with Crippen LogP contribution in [0.15, 0.2) is 38.2 Å². The molecule has 0 unspecified atom stereocenters. The Morgan fingerprint density at radius 2 is 2.37 bits per heavy atom. The second kappa shape index (κ2) is 7.96. The van der Waals surface area contributed by atoms with Crippen molar-refractivity contribution in [2.45, 2.75) is 15.8 Å². The molecule has 2 rings (SSSR count). The predicted octanol–water partition coefficient (Wildman–Crippen LogP) is 3.19. The third kappa shape index (κ3) is 4.85. The van der Waals surface area contributed by atoms with Crippen molar-refractivity contribution in [3.63, 3.8) is 0 Å². The molecule has 0 fully saturated rings. The molecule has 1 aromatic heterocycles. The van der Waals surface area contributed by atoms with Gasteiger partial charge in [0.1, 0.15) is 6.33 Å². The van der Waals surface area contributed by atoms with Crippen molar-refractivity contribution in [1.29, 1.82) is 0 Å². The van der Waals surface area contributed by atoms with Crippen LogP contribution in [-0.4, -0.2) is 29.6 Å². The number of hydrogen-bond acceptors (Lipinski definition) is 6. The first-order valence-electron chi connectivity index (χ1n) is 5.72. The minimum Gasteiger partial charge on any atom is -0.383 e. The zero-order valence-corrected chi connectivity index (χ0v) is 13.6. The number of ether oxygens (including phenoxy) is 1. The minimum atomic E-state index is 0.725. The number of nitrogens with one attached hydrogen (secondary N) is 1. The van der Waals surface area contributed by atoms with Crippen LogP contribution in [-0.2, 0) is 11.3 Å². The van der Waals surface area contributed by atoms with Crippen LogP contribution in [0.4, 0.5) is 0 Å². The summed E-state index contributed by atoms with van der Waals surface area (Å²) >= 11 is 6.63. The SMILES string of the molecule is COCCNCc1ccc(Sc2ncns2)cc1Br. The average Bonchev–Trinajstić information content (AvgIpc) is 2.90. The van der Waals surface area contributed by atoms with Gasteiger partial charge in [0.2, 0.25) is 0 Å². The van der Waals surface area contributed by atoms with Crippen LogP contribution in [0.25, 0.3) is 0 Å². The van der Waals surface area contributed by atoms with Gasteiger partial charge < -0.3 is 10.1 Å². The quantitative estimate of drug-likeness (QED) is 0.769. The van der Waals surface area contributed by atoms with Crippen molar-refractivity contribution in [3.05, 3.63) is 34.6 Å². The lowest BCUT2D eigenvalue weighted by Crippen LogP contribution is -2.18. The van der Waals surface area contributed by atoms with Gasteiger partial charge in [0.25, 0.3) is 0 Å². The minimum absolute atomic E-state index is 0.725. The lowest BCUT2D eigenvalue weighted by Gasteiger charge is -2.08. The van der Waals surface area contributed by atoms with Crippen molar-refractivity contribution >= 4 is 39.2 Å². The molecule has 4 nitrogen and oxygen atoms in total. The smallest absolute Gasteiger partial charge is 0.174 e. The molecule has 0 aliphatic rings. The summed E-state index contributed by atoms with van der Waals surface area (Å²) in [6.07, 6.45) is 1.58. The number of methoxy groups -OCH3 is 1. The van der Waals surface area contributed by atoms with Gasteiger partial charge in [-0.3, -0.25) is 0 Å². The number of nitrogens with zero attached hydrogens (tertiary/aromatic N) is 2. The molecule has 2 aromatic rings. The van der Waals surface area contributed by atoms with Crippen molar-refractivity contribution in [2.75, 3.05) is 20.3 Å². The van der Waals surface area contributed by atoms with Crippen LogP contribution >= 0.6 is 39.2 Å². The number of rotatable bonds is 7. The second-order valence-electron chi connectivity index (χ2n) is 3.73. The van der Waals surface area contributed by atoms with Crippen LogP contribution < -0.4 is 5.32 Å². The van der Waals surface area contributed by atoms with Crippen LogP contribution in [0.1, 0.15) is 5.56 Å². The number of hydrogen-bond donors (Lipinski definition) is 1. The van der Waals surface area contributed by atoms with Crippen LogP contribution in [0.3, 0.4) is 0 Å². The van der Waals surface area contributed by atoms with Crippen molar-refractivity contribution in [3.8, 4) is 0 Å². The fourth-order valence-corrected chi connectivity index (χ4v) is 3.57. The molecule has 7 heteroatoms. The van der Waals surface area contributed by atoms with E-state index in [1.807, 2.05) is 0 Å². The third-order valence-corrected chi connectivity index (χ3v) is 4.81. The van der Waals surface area contributed by atoms with Crippen LogP contribution in [0.2, 0.25) is 0 Å². The largest absolute Gasteiger partial charge is 0.383 e. The maximum absolute atomic E-state index is 5.00. The van der Waals surface area contributed by atoms with E-state index in [0.717, 1.165) is 33.4 Å². The summed E-state index contributed by atoms with van der Waals surface area (Å²) < 4.78 is 11.1. The van der Waals surface area contributed by atoms with E-state index >= 15 is 0 Å². The molecule has 0 bridgehead atoms. The fourth-order valence-electron chi connectivity index (χ4n) is 1.44. The summed E-state index contributed by atoms with van der Waals surface area (Å²) in [5.41, 5.74) is 1.23. The van der Waals surface area contributed by atoms with Gasteiger partial charge in [0.05, 0.1) is 6.61 Å². The molecule has 0 amide bonds. The summed E-state index contributed by atoms with van der Waals surface area (Å²) in [5.74, 6) is 0. The van der Waals surface area contributed by atoms with E-state index in [2.05, 4.69) is 48.8 Å². The van der Waals surface area contributed by atoms with E-state index in [9.17, 15) is 0 Å². The number of benzene rings is 1. The maximum atomic E-state index is 5.00. The lowest BCUT2D eigenvalue weighted by molar-refractivity contribution is 0.199. The van der Waals surface area contributed by atoms with Crippen molar-refractivity contribution in [1.82, 2.24) is 14.7 Å². The predicted molar refractivity (Wildman–Crippen MR) is 81.8 cm³/mol. The van der Waals surface area contributed by atoms with Gasteiger partial charge in [-0.2, -0.15) is 4.37 Å². The zero-order chi connectivity index (χ0) is 13.5. The van der Waals surface area contributed by atoms with E-state index in [-0.39, 0.29) is 0 Å². The lowest BCUT2D eigenvalue weighted by atomic mass is 10.2. The Bertz CT molecular complexity index is 508. The molecule has 0 radical (unpaired) electrons. The average molecular weight is 360 g/mol. The monoisotopic (exact) mass is 359 g/mol. The second-order valence-corrected chi connectivity index (χ2v) is 6.69. The highest BCUT2D eigenvalue weighted by atomic mass is 79.9. The van der Waals surface area contributed by atoms with E-state index in [4.69, 9.17) is 4.74 Å². The van der Waals surface area contributed by atoms with Gasteiger partial charge in [0, 0.05) is 29.6 Å². The summed E-state index contributed by atoms with van der Waals surface area (Å²) in [7, 11) is 1.71. The zero-order valence-electron chi connectivity index (χ0n) is 10.4. The van der Waals surface area contributed by atoms with Gasteiger partial charge in [-0.05, 0) is 29.2 Å². The highest BCUT2D eigenvalue weighted by Gasteiger charge is 2.04. The van der Waals surface area contributed by atoms with Crippen molar-refractivity contribution in [2.24, 2.45) is 0 Å². The molecule has 0 atom stereocenters.